The number of carbonyl (C=O) groups is 1. The van der Waals surface area contributed by atoms with Gasteiger partial charge in [-0.3, -0.25) is 0 Å². The Morgan fingerprint density at radius 1 is 1.20 bits per heavy atom. The number of hydrogen-bond donors (Lipinski definition) is 2. The van der Waals surface area contributed by atoms with Crippen molar-refractivity contribution in [1.82, 2.24) is 5.32 Å². The van der Waals surface area contributed by atoms with Gasteiger partial charge in [-0.1, -0.05) is 35.9 Å². The van der Waals surface area contributed by atoms with Crippen LogP contribution in [0.5, 0.6) is 0 Å². The number of nitrogens with one attached hydrogen (secondary N) is 1. The molecule has 0 unspecified atom stereocenters. The van der Waals surface area contributed by atoms with E-state index in [1.165, 1.54) is 12.1 Å². The van der Waals surface area contributed by atoms with Gasteiger partial charge in [0.2, 0.25) is 0 Å². The first-order valence-corrected chi connectivity index (χ1v) is 6.41. The Morgan fingerprint density at radius 2 is 1.95 bits per heavy atom. The van der Waals surface area contributed by atoms with Crippen LogP contribution in [-0.4, -0.2) is 11.1 Å². The second-order valence-corrected chi connectivity index (χ2v) is 4.72. The summed E-state index contributed by atoms with van der Waals surface area (Å²) in [5, 5.41) is 12.6. The van der Waals surface area contributed by atoms with Gasteiger partial charge in [-0.05, 0) is 29.3 Å². The zero-order valence-corrected chi connectivity index (χ0v) is 11.3. The van der Waals surface area contributed by atoms with E-state index in [9.17, 15) is 9.18 Å². The third kappa shape index (κ3) is 3.56. The first-order chi connectivity index (χ1) is 9.58. The van der Waals surface area contributed by atoms with Gasteiger partial charge >= 0.3 is 5.97 Å². The molecule has 0 aliphatic carbocycles. The van der Waals surface area contributed by atoms with E-state index in [2.05, 4.69) is 5.32 Å². The van der Waals surface area contributed by atoms with Gasteiger partial charge in [0, 0.05) is 18.1 Å². The van der Waals surface area contributed by atoms with Crippen molar-refractivity contribution in [2.75, 3.05) is 0 Å². The van der Waals surface area contributed by atoms with E-state index in [1.54, 1.807) is 12.1 Å². The first kappa shape index (κ1) is 14.5. The molecule has 0 spiro atoms. The second kappa shape index (κ2) is 6.50. The highest BCUT2D eigenvalue weighted by Crippen LogP contribution is 2.15. The van der Waals surface area contributed by atoms with Crippen molar-refractivity contribution in [2.45, 2.75) is 13.1 Å². The predicted octanol–water partition coefficient (Wildman–Crippen LogP) is 3.47. The molecule has 0 atom stereocenters. The summed E-state index contributed by atoms with van der Waals surface area (Å²) >= 11 is 6.02. The Balaban J connectivity index is 1.97. The molecular formula is C15H13ClFNO2. The summed E-state index contributed by atoms with van der Waals surface area (Å²) in [6.45, 7) is 0.990. The van der Waals surface area contributed by atoms with Crippen molar-refractivity contribution in [3.63, 3.8) is 0 Å². The van der Waals surface area contributed by atoms with E-state index in [0.29, 0.717) is 23.7 Å². The highest BCUT2D eigenvalue weighted by atomic mass is 35.5. The molecule has 2 N–H and O–H groups in total. The third-order valence-electron chi connectivity index (χ3n) is 2.87. The lowest BCUT2D eigenvalue weighted by molar-refractivity contribution is 0.0692. The molecule has 0 heterocycles. The lowest BCUT2D eigenvalue weighted by Crippen LogP contribution is -2.13. The SMILES string of the molecule is O=C(O)c1ccc(CNCc2ccccc2Cl)cc1F. The molecule has 0 amide bonds. The van der Waals surface area contributed by atoms with E-state index in [4.69, 9.17) is 16.7 Å². The maximum Gasteiger partial charge on any atom is 0.338 e. The van der Waals surface area contributed by atoms with Crippen molar-refractivity contribution < 1.29 is 14.3 Å². The monoisotopic (exact) mass is 293 g/mol. The van der Waals surface area contributed by atoms with E-state index in [1.807, 2.05) is 18.2 Å². The van der Waals surface area contributed by atoms with Crippen molar-refractivity contribution in [2.24, 2.45) is 0 Å². The molecule has 2 aromatic rings. The molecule has 2 aromatic carbocycles. The van der Waals surface area contributed by atoms with Crippen molar-refractivity contribution in [3.8, 4) is 0 Å². The first-order valence-electron chi connectivity index (χ1n) is 6.04. The molecule has 3 nitrogen and oxygen atoms in total. The largest absolute Gasteiger partial charge is 0.478 e. The Morgan fingerprint density at radius 3 is 2.60 bits per heavy atom. The minimum atomic E-state index is -1.27. The number of benzene rings is 2. The maximum atomic E-state index is 13.5. The van der Waals surface area contributed by atoms with Gasteiger partial charge < -0.3 is 10.4 Å². The highest BCUT2D eigenvalue weighted by Gasteiger charge is 2.10. The van der Waals surface area contributed by atoms with Crippen molar-refractivity contribution in [1.29, 1.82) is 0 Å². The Labute approximate surface area is 121 Å². The van der Waals surface area contributed by atoms with E-state index in [0.717, 1.165) is 5.56 Å². The fraction of sp³-hybridized carbons (Fsp3) is 0.133. The molecule has 0 radical (unpaired) electrons. The Bertz CT molecular complexity index is 631. The summed E-state index contributed by atoms with van der Waals surface area (Å²) in [5.41, 5.74) is 1.32. The number of halogens is 2. The molecule has 0 fully saturated rings. The van der Waals surface area contributed by atoms with Crippen molar-refractivity contribution in [3.05, 3.63) is 70.0 Å². The molecule has 0 saturated heterocycles. The minimum Gasteiger partial charge on any atom is -0.478 e. The van der Waals surface area contributed by atoms with Gasteiger partial charge in [-0.15, -0.1) is 0 Å². The molecule has 0 aliphatic rings. The van der Waals surface area contributed by atoms with Crippen LogP contribution < -0.4 is 5.32 Å². The van der Waals surface area contributed by atoms with Crippen LogP contribution in [0, 0.1) is 5.82 Å². The van der Waals surface area contributed by atoms with Gasteiger partial charge in [0.05, 0.1) is 5.56 Å². The van der Waals surface area contributed by atoms with Crippen LogP contribution >= 0.6 is 11.6 Å². The summed E-state index contributed by atoms with van der Waals surface area (Å²) in [6, 6.07) is 11.5. The molecule has 0 bridgehead atoms. The number of carboxylic acid groups (broad SMARTS) is 1. The van der Waals surface area contributed by atoms with Gasteiger partial charge in [0.25, 0.3) is 0 Å². The van der Waals surface area contributed by atoms with Crippen molar-refractivity contribution >= 4 is 17.6 Å². The molecule has 0 aliphatic heterocycles. The fourth-order valence-electron chi connectivity index (χ4n) is 1.83. The number of hydrogen-bond acceptors (Lipinski definition) is 2. The summed E-state index contributed by atoms with van der Waals surface area (Å²) in [6.07, 6.45) is 0. The molecule has 5 heteroatoms. The highest BCUT2D eigenvalue weighted by molar-refractivity contribution is 6.31. The quantitative estimate of drug-likeness (QED) is 0.887. The van der Waals surface area contributed by atoms with Crippen LogP contribution in [0.25, 0.3) is 0 Å². The molecule has 104 valence electrons. The average Bonchev–Trinajstić information content (AvgIpc) is 2.40. The van der Waals surface area contributed by atoms with E-state index < -0.39 is 11.8 Å². The second-order valence-electron chi connectivity index (χ2n) is 4.31. The third-order valence-corrected chi connectivity index (χ3v) is 3.24. The van der Waals surface area contributed by atoms with Gasteiger partial charge in [-0.25, -0.2) is 9.18 Å². The number of aromatic carboxylic acids is 1. The van der Waals surface area contributed by atoms with Crippen LogP contribution in [0.4, 0.5) is 4.39 Å². The average molecular weight is 294 g/mol. The molecule has 2 rings (SSSR count). The summed E-state index contributed by atoms with van der Waals surface area (Å²) < 4.78 is 13.5. The van der Waals surface area contributed by atoms with Crippen LogP contribution in [0.3, 0.4) is 0 Å². The topological polar surface area (TPSA) is 49.3 Å². The van der Waals surface area contributed by atoms with Crippen LogP contribution in [-0.2, 0) is 13.1 Å². The lowest BCUT2D eigenvalue weighted by Gasteiger charge is -2.07. The molecule has 0 saturated carbocycles. The summed E-state index contributed by atoms with van der Waals surface area (Å²) in [7, 11) is 0. The zero-order chi connectivity index (χ0) is 14.5. The van der Waals surface area contributed by atoms with Gasteiger partial charge in [-0.2, -0.15) is 0 Å². The smallest absolute Gasteiger partial charge is 0.338 e. The maximum absolute atomic E-state index is 13.5. The number of rotatable bonds is 5. The normalized spacial score (nSPS) is 10.5. The van der Waals surface area contributed by atoms with Crippen LogP contribution in [0.15, 0.2) is 42.5 Å². The molecular weight excluding hydrogens is 281 g/mol. The molecule has 0 aromatic heterocycles. The summed E-state index contributed by atoms with van der Waals surface area (Å²) in [5.74, 6) is -1.99. The van der Waals surface area contributed by atoms with E-state index in [-0.39, 0.29) is 5.56 Å². The van der Waals surface area contributed by atoms with E-state index >= 15 is 0 Å². The van der Waals surface area contributed by atoms with Gasteiger partial charge in [0.15, 0.2) is 0 Å². The fourth-order valence-corrected chi connectivity index (χ4v) is 2.03. The molecule has 20 heavy (non-hydrogen) atoms. The van der Waals surface area contributed by atoms with Gasteiger partial charge in [0.1, 0.15) is 5.82 Å². The summed E-state index contributed by atoms with van der Waals surface area (Å²) in [4.78, 5) is 10.7. The zero-order valence-electron chi connectivity index (χ0n) is 10.6. The Hall–Kier alpha value is -1.91. The minimum absolute atomic E-state index is 0.320. The number of carboxylic acids is 1. The lowest BCUT2D eigenvalue weighted by atomic mass is 10.1. The van der Waals surface area contributed by atoms with Crippen LogP contribution in [0.2, 0.25) is 5.02 Å². The Kier molecular flexibility index (Phi) is 4.71. The standard InChI is InChI=1S/C15H13ClFNO2/c16-13-4-2-1-3-11(13)9-18-8-10-5-6-12(15(19)20)14(17)7-10/h1-7,18H,8-9H2,(H,19,20). The predicted molar refractivity (Wildman–Crippen MR) is 75.4 cm³/mol. The van der Waals surface area contributed by atoms with Crippen LogP contribution in [0.1, 0.15) is 21.5 Å².